The molecule has 0 saturated carbocycles. The molecule has 1 N–H and O–H groups in total. The Kier molecular flexibility index (Phi) is 9.06. The van der Waals surface area contributed by atoms with Crippen molar-refractivity contribution in [3.05, 3.63) is 0 Å². The first-order chi connectivity index (χ1) is 7.06. The molecule has 0 aromatic rings. The van der Waals surface area contributed by atoms with E-state index < -0.39 is 0 Å². The molecule has 1 atom stereocenters. The Morgan fingerprint density at radius 1 is 1.07 bits per heavy atom. The van der Waals surface area contributed by atoms with E-state index in [4.69, 9.17) is 0 Å². The van der Waals surface area contributed by atoms with Crippen molar-refractivity contribution < 1.29 is 0 Å². The van der Waals surface area contributed by atoms with Gasteiger partial charge in [0.25, 0.3) is 0 Å². The van der Waals surface area contributed by atoms with Crippen molar-refractivity contribution in [1.29, 1.82) is 0 Å². The molecule has 0 aromatic carbocycles. The molecule has 0 amide bonds. The van der Waals surface area contributed by atoms with Crippen LogP contribution in [0, 0.1) is 0 Å². The highest BCUT2D eigenvalue weighted by atomic mass is 15.1. The van der Waals surface area contributed by atoms with Gasteiger partial charge in [-0.05, 0) is 54.0 Å². The van der Waals surface area contributed by atoms with Gasteiger partial charge in [0.2, 0.25) is 0 Å². The van der Waals surface area contributed by atoms with Gasteiger partial charge in [-0.15, -0.1) is 0 Å². The molecule has 0 aliphatic carbocycles. The standard InChI is InChI=1S/C12H29N3/c1-6-13-12(2)8-7-9-15(5)11-10-14(3)4/h12-13H,6-11H2,1-5H3. The van der Waals surface area contributed by atoms with Crippen LogP contribution in [0.5, 0.6) is 0 Å². The van der Waals surface area contributed by atoms with Gasteiger partial charge in [0.05, 0.1) is 0 Å². The van der Waals surface area contributed by atoms with E-state index in [1.54, 1.807) is 0 Å². The zero-order chi connectivity index (χ0) is 11.7. The second-order valence-corrected chi connectivity index (χ2v) is 4.71. The quantitative estimate of drug-likeness (QED) is 0.625. The second-order valence-electron chi connectivity index (χ2n) is 4.71. The first-order valence-electron chi connectivity index (χ1n) is 6.13. The minimum Gasteiger partial charge on any atom is -0.315 e. The van der Waals surface area contributed by atoms with Crippen LogP contribution in [0.25, 0.3) is 0 Å². The summed E-state index contributed by atoms with van der Waals surface area (Å²) in [7, 11) is 6.46. The van der Waals surface area contributed by atoms with Crippen molar-refractivity contribution in [2.45, 2.75) is 32.7 Å². The van der Waals surface area contributed by atoms with Crippen molar-refractivity contribution >= 4 is 0 Å². The molecule has 92 valence electrons. The molecule has 0 rings (SSSR count). The lowest BCUT2D eigenvalue weighted by Gasteiger charge is -2.20. The van der Waals surface area contributed by atoms with E-state index in [1.165, 1.54) is 25.9 Å². The second kappa shape index (κ2) is 9.13. The van der Waals surface area contributed by atoms with Crippen LogP contribution in [0.4, 0.5) is 0 Å². The van der Waals surface area contributed by atoms with E-state index in [2.05, 4.69) is 50.1 Å². The Bertz CT molecular complexity index is 137. The van der Waals surface area contributed by atoms with Crippen LogP contribution >= 0.6 is 0 Å². The maximum absolute atomic E-state index is 3.44. The lowest BCUT2D eigenvalue weighted by Crippen LogP contribution is -2.31. The van der Waals surface area contributed by atoms with Gasteiger partial charge in [-0.1, -0.05) is 6.92 Å². The summed E-state index contributed by atoms with van der Waals surface area (Å²) in [5, 5.41) is 3.44. The van der Waals surface area contributed by atoms with E-state index in [0.717, 1.165) is 13.1 Å². The Morgan fingerprint density at radius 2 is 1.73 bits per heavy atom. The fraction of sp³-hybridized carbons (Fsp3) is 1.00. The van der Waals surface area contributed by atoms with E-state index in [1.807, 2.05) is 0 Å². The largest absolute Gasteiger partial charge is 0.315 e. The minimum atomic E-state index is 0.664. The van der Waals surface area contributed by atoms with Gasteiger partial charge in [0.15, 0.2) is 0 Å². The third-order valence-electron chi connectivity index (χ3n) is 2.66. The Labute approximate surface area is 95.8 Å². The predicted molar refractivity (Wildman–Crippen MR) is 68.4 cm³/mol. The highest BCUT2D eigenvalue weighted by molar-refractivity contribution is 4.61. The fourth-order valence-corrected chi connectivity index (χ4v) is 1.60. The summed E-state index contributed by atoms with van der Waals surface area (Å²) in [6, 6.07) is 0.664. The summed E-state index contributed by atoms with van der Waals surface area (Å²) in [6.07, 6.45) is 2.57. The Balaban J connectivity index is 3.34. The molecule has 1 unspecified atom stereocenters. The number of nitrogens with zero attached hydrogens (tertiary/aromatic N) is 2. The van der Waals surface area contributed by atoms with Gasteiger partial charge in [-0.3, -0.25) is 0 Å². The van der Waals surface area contributed by atoms with Crippen molar-refractivity contribution in [2.75, 3.05) is 47.3 Å². The topological polar surface area (TPSA) is 18.5 Å². The maximum atomic E-state index is 3.44. The van der Waals surface area contributed by atoms with Crippen LogP contribution in [0.2, 0.25) is 0 Å². The lowest BCUT2D eigenvalue weighted by molar-refractivity contribution is 0.274. The van der Waals surface area contributed by atoms with Crippen LogP contribution in [-0.4, -0.2) is 63.2 Å². The van der Waals surface area contributed by atoms with E-state index in [-0.39, 0.29) is 0 Å². The normalized spacial score (nSPS) is 13.8. The van der Waals surface area contributed by atoms with Crippen LogP contribution in [0.15, 0.2) is 0 Å². The summed E-state index contributed by atoms with van der Waals surface area (Å²) in [4.78, 5) is 4.65. The summed E-state index contributed by atoms with van der Waals surface area (Å²) in [6.45, 7) is 9.05. The Morgan fingerprint density at radius 3 is 2.27 bits per heavy atom. The molecule has 0 fully saturated rings. The lowest BCUT2D eigenvalue weighted by atomic mass is 10.2. The molecule has 0 heterocycles. The number of likely N-dealkylation sites (N-methyl/N-ethyl adjacent to an activating group) is 2. The zero-order valence-electron chi connectivity index (χ0n) is 11.2. The summed E-state index contributed by atoms with van der Waals surface area (Å²) < 4.78 is 0. The fourth-order valence-electron chi connectivity index (χ4n) is 1.60. The molecule has 0 aromatic heterocycles. The number of hydrogen-bond acceptors (Lipinski definition) is 3. The molecule has 3 nitrogen and oxygen atoms in total. The summed E-state index contributed by atoms with van der Waals surface area (Å²) in [5.41, 5.74) is 0. The van der Waals surface area contributed by atoms with Gasteiger partial charge in [-0.2, -0.15) is 0 Å². The molecular weight excluding hydrogens is 186 g/mol. The predicted octanol–water partition coefficient (Wildman–Crippen LogP) is 1.26. The highest BCUT2D eigenvalue weighted by Gasteiger charge is 2.02. The Hall–Kier alpha value is -0.120. The molecule has 0 radical (unpaired) electrons. The van der Waals surface area contributed by atoms with Gasteiger partial charge in [0.1, 0.15) is 0 Å². The SMILES string of the molecule is CCNC(C)CCCN(C)CCN(C)C. The molecule has 3 heteroatoms. The molecule has 15 heavy (non-hydrogen) atoms. The van der Waals surface area contributed by atoms with Crippen LogP contribution in [0.3, 0.4) is 0 Å². The maximum Gasteiger partial charge on any atom is 0.0106 e. The van der Waals surface area contributed by atoms with Crippen molar-refractivity contribution in [3.8, 4) is 0 Å². The smallest absolute Gasteiger partial charge is 0.0106 e. The first-order valence-corrected chi connectivity index (χ1v) is 6.13. The van der Waals surface area contributed by atoms with Crippen LogP contribution < -0.4 is 5.32 Å². The zero-order valence-corrected chi connectivity index (χ0v) is 11.2. The average molecular weight is 215 g/mol. The van der Waals surface area contributed by atoms with Crippen LogP contribution in [-0.2, 0) is 0 Å². The van der Waals surface area contributed by atoms with Crippen molar-refractivity contribution in [3.63, 3.8) is 0 Å². The highest BCUT2D eigenvalue weighted by Crippen LogP contribution is 1.98. The van der Waals surface area contributed by atoms with Crippen LogP contribution in [0.1, 0.15) is 26.7 Å². The molecule has 0 aliphatic heterocycles. The van der Waals surface area contributed by atoms with Gasteiger partial charge >= 0.3 is 0 Å². The van der Waals surface area contributed by atoms with Crippen molar-refractivity contribution in [2.24, 2.45) is 0 Å². The number of rotatable bonds is 9. The molecule has 0 saturated heterocycles. The van der Waals surface area contributed by atoms with Gasteiger partial charge in [-0.25, -0.2) is 0 Å². The molecule has 0 bridgehead atoms. The van der Waals surface area contributed by atoms with Gasteiger partial charge in [0, 0.05) is 19.1 Å². The van der Waals surface area contributed by atoms with E-state index >= 15 is 0 Å². The number of hydrogen-bond donors (Lipinski definition) is 1. The van der Waals surface area contributed by atoms with E-state index in [9.17, 15) is 0 Å². The monoisotopic (exact) mass is 215 g/mol. The molecule has 0 aliphatic rings. The van der Waals surface area contributed by atoms with Crippen molar-refractivity contribution in [1.82, 2.24) is 15.1 Å². The molecular formula is C12H29N3. The average Bonchev–Trinajstić information content (AvgIpc) is 2.15. The number of nitrogens with one attached hydrogen (secondary N) is 1. The summed E-state index contributed by atoms with van der Waals surface area (Å²) in [5.74, 6) is 0. The minimum absolute atomic E-state index is 0.664. The third kappa shape index (κ3) is 10.2. The molecule has 0 spiro atoms. The third-order valence-corrected chi connectivity index (χ3v) is 2.66. The van der Waals surface area contributed by atoms with E-state index in [0.29, 0.717) is 6.04 Å². The van der Waals surface area contributed by atoms with Gasteiger partial charge < -0.3 is 15.1 Å². The first kappa shape index (κ1) is 14.9. The summed E-state index contributed by atoms with van der Waals surface area (Å²) >= 11 is 0.